The van der Waals surface area contributed by atoms with Crippen molar-refractivity contribution in [3.63, 3.8) is 0 Å². The summed E-state index contributed by atoms with van der Waals surface area (Å²) in [6, 6.07) is 20.5. The molecule has 12 N–H and O–H groups in total. The summed E-state index contributed by atoms with van der Waals surface area (Å²) >= 11 is 0. The number of pyridine rings is 6. The minimum Gasteiger partial charge on any atom is -0.531 e. The fraction of sp³-hybridized carbons (Fsp3) is 0.423. The van der Waals surface area contributed by atoms with Gasteiger partial charge in [0, 0.05) is 128 Å². The molecule has 20 heterocycles. The molecule has 5 atom stereocenters. The Morgan fingerprint density at radius 3 is 1.12 bits per heavy atom. The fourth-order valence-corrected chi connectivity index (χ4v) is 23.5. The number of hydrogen-bond donors (Lipinski definition) is 12. The van der Waals surface area contributed by atoms with E-state index in [0.717, 1.165) is 174 Å². The van der Waals surface area contributed by atoms with E-state index in [4.69, 9.17) is 37.4 Å². The lowest BCUT2D eigenvalue weighted by Gasteiger charge is -2.40. The van der Waals surface area contributed by atoms with Crippen molar-refractivity contribution in [1.29, 1.82) is 0 Å². The van der Waals surface area contributed by atoms with Crippen molar-refractivity contribution in [3.8, 4) is 40.2 Å². The molecule has 13 aromatic rings. The van der Waals surface area contributed by atoms with Crippen LogP contribution in [0.15, 0.2) is 171 Å². The van der Waals surface area contributed by atoms with Crippen molar-refractivity contribution < 1.29 is 67.5 Å². The second kappa shape index (κ2) is 41.6. The minimum absolute atomic E-state index is 0.307. The standard InChI is InChI=1S/C23H26BN3O3.C18H23BN2O2.C17H21BN2O2.2C16H19BN2O2.C14H15BN2O3/c1-15-8-10-27(13-16-3-5-17(29-2)6-4-16)14-20(15)19-11-24(28)30-21-12-26-23-18(22(19)21)7-9-25-23;1-2-3-12-4-6-13(7-5-12)15-10-19(22)23-16-11-21-18-14(17(15)16)8-9-20-18;1-2-3-4-11-7-12(8-11)14-9-18(21)22-15-10-20-17-13(16(14)15)5-6-19-17;1-10-2-4-11(5-3-10)13-8-17(20)21-14-9-19-16-12(15(13)14)6-7-18-16;1-10-4-2-3-5-11(10)13-8-17(20)21-14-9-19-16-12(15(13)14)6-7-18-16;18-15-6-11(9-2-1-5-19-8-9)13-10-3-4-16-14(10)17-7-12(13)20-15/h3-7,9,11-12,15,20,28H,8,10,13-14H2,1-2H3,(H,25,26);8-13,22H,2-7H2,1H3,(H,20,21);5-6,9-12,21H,2-4,7-8H2,1H3,(H,19,20);2*6-11,20H,2-5H2,1H3,(H,18,19);3-4,6-7,9,18H,1-2,5,8H2,(H,16,17)/t15-,20+;;;;10-,11+;9-/m0...00/s1. The summed E-state index contributed by atoms with van der Waals surface area (Å²) in [7, 11) is -3.58. The van der Waals surface area contributed by atoms with Crippen LogP contribution in [0.1, 0.15) is 215 Å². The number of ether oxygens (including phenoxy) is 2. The van der Waals surface area contributed by atoms with Crippen molar-refractivity contribution in [2.75, 3.05) is 33.4 Å². The van der Waals surface area contributed by atoms with Gasteiger partial charge in [-0.15, -0.1) is 0 Å². The maximum absolute atomic E-state index is 10.4. The first-order chi connectivity index (χ1) is 66.9. The molecule has 0 unspecified atom stereocenters. The molecule has 12 aromatic heterocycles. The molecule has 706 valence electrons. The summed E-state index contributed by atoms with van der Waals surface area (Å²) in [5, 5.41) is 66.8. The third-order valence-corrected chi connectivity index (χ3v) is 30.7. The van der Waals surface area contributed by atoms with Crippen LogP contribution in [-0.2, 0) is 11.3 Å². The topological polar surface area (TPSA) is 371 Å². The van der Waals surface area contributed by atoms with Crippen LogP contribution in [0.2, 0.25) is 0 Å². The van der Waals surface area contributed by atoms with Gasteiger partial charge in [-0.1, -0.05) is 111 Å². The average molecular weight is 1840 g/mol. The van der Waals surface area contributed by atoms with E-state index in [0.29, 0.717) is 88.4 Å². The van der Waals surface area contributed by atoms with Crippen molar-refractivity contribution in [3.05, 3.63) is 210 Å². The highest BCUT2D eigenvalue weighted by Crippen LogP contribution is 2.54. The Balaban J connectivity index is 0.000000102. The number of hydrogen-bond acceptors (Lipinski definition) is 21. The van der Waals surface area contributed by atoms with Gasteiger partial charge in [-0.05, 0) is 266 Å². The van der Waals surface area contributed by atoms with E-state index in [2.05, 4.69) is 118 Å². The average Bonchev–Trinajstić information content (AvgIpc) is 1.75. The molecule has 0 bridgehead atoms. The van der Waals surface area contributed by atoms with Gasteiger partial charge in [-0.2, -0.15) is 0 Å². The largest absolute Gasteiger partial charge is 0.552 e. The molecule has 33 heteroatoms. The molecular weight excluding hydrogens is 1720 g/mol. The monoisotopic (exact) mass is 1840 g/mol. The smallest absolute Gasteiger partial charge is 0.531 e. The molecule has 6 fully saturated rings. The molecule has 8 aliphatic heterocycles. The molecule has 4 saturated carbocycles. The zero-order chi connectivity index (χ0) is 93.9. The van der Waals surface area contributed by atoms with E-state index in [9.17, 15) is 30.1 Å². The number of nitrogens with zero attached hydrogens (tertiary/aromatic N) is 7. The molecule has 0 amide bonds. The third kappa shape index (κ3) is 20.0. The summed E-state index contributed by atoms with van der Waals surface area (Å²) in [5.41, 5.74) is 20.3. The molecule has 0 radical (unpaired) electrons. The van der Waals surface area contributed by atoms with Gasteiger partial charge in [0.2, 0.25) is 0 Å². The summed E-state index contributed by atoms with van der Waals surface area (Å²) in [6.45, 7) is 15.9. The normalized spacial score (nSPS) is 23.7. The molecule has 1 aromatic carbocycles. The van der Waals surface area contributed by atoms with Gasteiger partial charge in [0.15, 0.2) is 0 Å². The van der Waals surface area contributed by atoms with Gasteiger partial charge < -0.3 is 97.4 Å². The third-order valence-electron chi connectivity index (χ3n) is 30.7. The van der Waals surface area contributed by atoms with Crippen LogP contribution in [0.3, 0.4) is 0 Å². The Morgan fingerprint density at radius 1 is 0.372 bits per heavy atom. The Morgan fingerprint density at radius 2 is 0.737 bits per heavy atom. The molecular formula is C104H123B6N13O14. The highest BCUT2D eigenvalue weighted by Gasteiger charge is 2.42. The second-order valence-corrected chi connectivity index (χ2v) is 39.6. The van der Waals surface area contributed by atoms with E-state index >= 15 is 0 Å². The summed E-state index contributed by atoms with van der Waals surface area (Å²) in [6.07, 6.45) is 48.9. The highest BCUT2D eigenvalue weighted by molar-refractivity contribution is 6.55. The van der Waals surface area contributed by atoms with Crippen molar-refractivity contribution in [1.82, 2.24) is 64.7 Å². The first-order valence-corrected chi connectivity index (χ1v) is 50.0. The van der Waals surface area contributed by atoms with Crippen LogP contribution in [0.25, 0.3) is 99.6 Å². The second-order valence-electron chi connectivity index (χ2n) is 39.6. The molecule has 0 spiro atoms. The Labute approximate surface area is 800 Å². The van der Waals surface area contributed by atoms with E-state index in [1.54, 1.807) is 50.3 Å². The predicted octanol–water partition coefficient (Wildman–Crippen LogP) is 19.2. The van der Waals surface area contributed by atoms with E-state index < -0.39 is 42.7 Å². The molecule has 12 aliphatic rings. The number of fused-ring (bicyclic) bond motifs is 18. The number of unbranched alkanes of at least 4 members (excludes halogenated alkanes) is 1. The lowest BCUT2D eigenvalue weighted by molar-refractivity contribution is 0.0740. The van der Waals surface area contributed by atoms with E-state index in [-0.39, 0.29) is 0 Å². The Hall–Kier alpha value is -11.5. The Kier molecular flexibility index (Phi) is 28.3. The molecule has 137 heavy (non-hydrogen) atoms. The van der Waals surface area contributed by atoms with Crippen LogP contribution in [-0.4, -0.2) is 171 Å². The van der Waals surface area contributed by atoms with Crippen molar-refractivity contribution >= 4 is 142 Å². The summed E-state index contributed by atoms with van der Waals surface area (Å²) < 4.78 is 44.3. The van der Waals surface area contributed by atoms with Gasteiger partial charge >= 0.3 is 42.7 Å². The molecule has 27 nitrogen and oxygen atoms in total. The van der Waals surface area contributed by atoms with Crippen LogP contribution in [0.5, 0.6) is 40.2 Å². The van der Waals surface area contributed by atoms with Crippen LogP contribution in [0.4, 0.5) is 0 Å². The number of rotatable bonds is 14. The van der Waals surface area contributed by atoms with E-state index in [1.807, 2.05) is 110 Å². The van der Waals surface area contributed by atoms with Crippen molar-refractivity contribution in [2.24, 2.45) is 65.1 Å². The van der Waals surface area contributed by atoms with Gasteiger partial charge in [0.1, 0.15) is 74.1 Å². The number of H-pyrrole nitrogens is 6. The maximum atomic E-state index is 10.4. The SMILES string of the molecule is CC1CCC(C2=CB(O)Oc3cnc4[nH]ccc4c32)CC1.CCCC1CCC(C2=CB(O)Oc3cnc4[nH]ccc4c32)CC1.CCCCC1CC(C2=CB(O)Oc3cnc4[nH]ccc4c32)C1.COc1ccc(CN2CC[C@H](C)[C@H](C3=CB(O)Oc4cnc5[nH]ccc5c43)C2)cc1.C[C@H]1CCCC[C@H]1C1=CB(O)Oc2cnc3[nH]ccc3c21.OB1C=C([C@H]2CCCOC2)c2c(cnc3[nH]ccc23)O1. The number of nitrogens with one attached hydrogen (secondary N) is 6. The van der Waals surface area contributed by atoms with Gasteiger partial charge in [0.25, 0.3) is 0 Å². The summed E-state index contributed by atoms with van der Waals surface area (Å²) in [4.78, 5) is 47.7. The predicted molar refractivity (Wildman–Crippen MR) is 543 cm³/mol. The van der Waals surface area contributed by atoms with Gasteiger partial charge in [-0.3, -0.25) is 4.90 Å². The fourth-order valence-electron chi connectivity index (χ4n) is 23.5. The quantitative estimate of drug-likeness (QED) is 0.0450. The molecule has 25 rings (SSSR count). The number of allylic oxidation sites excluding steroid dienone is 4. The highest BCUT2D eigenvalue weighted by atomic mass is 16.5. The number of piperidine rings is 1. The minimum atomic E-state index is -0.935. The van der Waals surface area contributed by atoms with Crippen molar-refractivity contribution in [2.45, 2.75) is 182 Å². The lowest BCUT2D eigenvalue weighted by Crippen LogP contribution is -2.40. The first-order valence-electron chi connectivity index (χ1n) is 50.0. The Bertz CT molecular complexity index is 6640. The zero-order valence-electron chi connectivity index (χ0n) is 79.2. The van der Waals surface area contributed by atoms with E-state index in [1.165, 1.54) is 155 Å². The summed E-state index contributed by atoms with van der Waals surface area (Å²) in [5.74, 6) is 22.6. The van der Waals surface area contributed by atoms with Crippen LogP contribution >= 0.6 is 0 Å². The van der Waals surface area contributed by atoms with Crippen LogP contribution in [0, 0.1) is 65.1 Å². The lowest BCUT2D eigenvalue weighted by atomic mass is 9.64. The number of aromatic nitrogens is 12. The molecule has 4 aliphatic carbocycles. The van der Waals surface area contributed by atoms with Gasteiger partial charge in [0.05, 0.1) is 50.9 Å². The number of likely N-dealkylation sites (tertiary alicyclic amines) is 1. The number of aromatic amines is 6. The number of benzene rings is 1. The maximum Gasteiger partial charge on any atom is 0.552 e. The molecule has 2 saturated heterocycles. The van der Waals surface area contributed by atoms with Crippen LogP contribution < -0.4 is 32.7 Å². The number of methoxy groups -OCH3 is 1. The first kappa shape index (κ1) is 93.1. The zero-order valence-corrected chi connectivity index (χ0v) is 79.2. The van der Waals surface area contributed by atoms with Gasteiger partial charge in [-0.25, -0.2) is 29.9 Å².